The second kappa shape index (κ2) is 13.2. The Morgan fingerprint density at radius 3 is 2.66 bits per heavy atom. The first kappa shape index (κ1) is 26.6. The van der Waals surface area contributed by atoms with Crippen molar-refractivity contribution in [2.45, 2.75) is 26.3 Å². The monoisotopic (exact) mass is 501 g/mol. The fourth-order valence-corrected chi connectivity index (χ4v) is 4.00. The number of methoxy groups -OCH3 is 1. The van der Waals surface area contributed by atoms with Gasteiger partial charge in [-0.15, -0.1) is 0 Å². The zero-order valence-electron chi connectivity index (χ0n) is 20.3. The molecule has 1 aromatic carbocycles. The molecule has 0 aliphatic carbocycles. The van der Waals surface area contributed by atoms with Crippen LogP contribution < -0.4 is 20.7 Å². The second-order valence-corrected chi connectivity index (χ2v) is 9.00. The summed E-state index contributed by atoms with van der Waals surface area (Å²) in [7, 11) is 1.54. The van der Waals surface area contributed by atoms with Crippen molar-refractivity contribution in [3.8, 4) is 11.8 Å². The van der Waals surface area contributed by atoms with Gasteiger partial charge in [-0.1, -0.05) is 25.4 Å². The summed E-state index contributed by atoms with van der Waals surface area (Å²) < 4.78 is 10.9. The van der Waals surface area contributed by atoms with Gasteiger partial charge in [0, 0.05) is 30.7 Å². The number of hydrogen-bond donors (Lipinski definition) is 3. The molecule has 0 saturated carbocycles. The highest BCUT2D eigenvalue weighted by Gasteiger charge is 2.19. The summed E-state index contributed by atoms with van der Waals surface area (Å²) >= 11 is 6.54. The lowest BCUT2D eigenvalue weighted by atomic mass is 10.0. The van der Waals surface area contributed by atoms with Crippen molar-refractivity contribution < 1.29 is 14.3 Å². The Labute approximate surface area is 211 Å². The molecule has 1 aliphatic rings. The van der Waals surface area contributed by atoms with Gasteiger partial charge in [-0.2, -0.15) is 5.26 Å². The molecule has 10 nitrogen and oxygen atoms in total. The summed E-state index contributed by atoms with van der Waals surface area (Å²) in [5.74, 6) is 1.21. The average molecular weight is 502 g/mol. The van der Waals surface area contributed by atoms with Crippen molar-refractivity contribution in [3.63, 3.8) is 0 Å². The van der Waals surface area contributed by atoms with Gasteiger partial charge in [-0.05, 0) is 36.6 Å². The molecule has 1 aromatic heterocycles. The molecule has 1 aliphatic heterocycles. The molecule has 3 rings (SSSR count). The van der Waals surface area contributed by atoms with Crippen molar-refractivity contribution in [3.05, 3.63) is 40.8 Å². The number of halogens is 1. The lowest BCUT2D eigenvalue weighted by Gasteiger charge is -2.32. The Balaban J connectivity index is 1.57. The first-order valence-corrected chi connectivity index (χ1v) is 12.0. The first-order valence-electron chi connectivity index (χ1n) is 11.6. The molecule has 3 N–H and O–H groups in total. The lowest BCUT2D eigenvalue weighted by Crippen LogP contribution is -2.48. The Morgan fingerprint density at radius 1 is 1.26 bits per heavy atom. The third-order valence-corrected chi connectivity index (χ3v) is 6.14. The van der Waals surface area contributed by atoms with Crippen LogP contribution in [-0.4, -0.2) is 73.4 Å². The topological polar surface area (TPSA) is 124 Å². The lowest BCUT2D eigenvalue weighted by molar-refractivity contribution is 0.0310. The van der Waals surface area contributed by atoms with Crippen molar-refractivity contribution in [1.82, 2.24) is 20.2 Å². The van der Waals surface area contributed by atoms with Crippen LogP contribution in [0.15, 0.2) is 24.5 Å². The Bertz CT molecular complexity index is 1020. The molecule has 1 unspecified atom stereocenters. The number of morpholine rings is 1. The highest BCUT2D eigenvalue weighted by atomic mass is 35.5. The van der Waals surface area contributed by atoms with Gasteiger partial charge in [0.05, 0.1) is 38.4 Å². The minimum absolute atomic E-state index is 0.162. The Hall–Kier alpha value is -2.97. The molecule has 0 spiro atoms. The van der Waals surface area contributed by atoms with Gasteiger partial charge in [0.25, 0.3) is 0 Å². The molecule has 188 valence electrons. The Morgan fingerprint density at radius 2 is 2.03 bits per heavy atom. The van der Waals surface area contributed by atoms with Crippen molar-refractivity contribution in [1.29, 1.82) is 5.26 Å². The summed E-state index contributed by atoms with van der Waals surface area (Å²) in [5.41, 5.74) is 1.52. The van der Waals surface area contributed by atoms with E-state index in [-0.39, 0.29) is 11.5 Å². The van der Waals surface area contributed by atoms with Gasteiger partial charge in [-0.3, -0.25) is 10.2 Å². The van der Waals surface area contributed by atoms with E-state index in [4.69, 9.17) is 26.3 Å². The molecule has 2 amide bonds. The van der Waals surface area contributed by atoms with E-state index in [9.17, 15) is 4.79 Å². The summed E-state index contributed by atoms with van der Waals surface area (Å²) in [6.45, 7) is 9.72. The molecular formula is C24H32ClN7O3. The van der Waals surface area contributed by atoms with E-state index < -0.39 is 6.03 Å². The summed E-state index contributed by atoms with van der Waals surface area (Å²) in [6, 6.07) is 5.22. The number of amides is 2. The van der Waals surface area contributed by atoms with E-state index in [1.165, 1.54) is 19.5 Å². The van der Waals surface area contributed by atoms with E-state index in [2.05, 4.69) is 44.7 Å². The van der Waals surface area contributed by atoms with E-state index in [0.29, 0.717) is 28.4 Å². The van der Waals surface area contributed by atoms with Crippen LogP contribution in [0, 0.1) is 17.2 Å². The minimum Gasteiger partial charge on any atom is -0.495 e. The fourth-order valence-electron chi connectivity index (χ4n) is 3.74. The van der Waals surface area contributed by atoms with E-state index in [0.717, 1.165) is 51.4 Å². The number of urea groups is 1. The van der Waals surface area contributed by atoms with Crippen LogP contribution in [0.4, 0.5) is 16.3 Å². The number of hydrogen-bond acceptors (Lipinski definition) is 8. The summed E-state index contributed by atoms with van der Waals surface area (Å²) in [5, 5.41) is 18.3. The highest BCUT2D eigenvalue weighted by Crippen LogP contribution is 2.31. The summed E-state index contributed by atoms with van der Waals surface area (Å²) in [6.07, 6.45) is 3.30. The van der Waals surface area contributed by atoms with E-state index in [1.54, 1.807) is 6.07 Å². The number of nitriles is 1. The van der Waals surface area contributed by atoms with Crippen LogP contribution in [0.3, 0.4) is 0 Å². The smallest absolute Gasteiger partial charge is 0.325 e. The van der Waals surface area contributed by atoms with Crippen molar-refractivity contribution in [2.24, 2.45) is 5.92 Å². The zero-order chi connectivity index (χ0) is 25.2. The Kier molecular flexibility index (Phi) is 10.0. The standard InChI is InChI=1S/C24H32ClN7O3/c1-16(2)21(15-32-6-8-35-9-7-32)27-5-4-17-10-22(34-3)20(11-19(17)25)30-24(33)31-23-14-28-18(12-26)13-29-23/h10-11,13-14,16,21,27H,4-9,15H2,1-3H3,(H2,29,30,31,33). The third-order valence-electron chi connectivity index (χ3n) is 5.79. The van der Waals surface area contributed by atoms with E-state index in [1.807, 2.05) is 12.1 Å². The normalized spacial score (nSPS) is 14.9. The van der Waals surface area contributed by atoms with E-state index >= 15 is 0 Å². The van der Waals surface area contributed by atoms with Gasteiger partial charge in [0.2, 0.25) is 0 Å². The maximum Gasteiger partial charge on any atom is 0.325 e. The number of aromatic nitrogens is 2. The SMILES string of the molecule is COc1cc(CCNC(CN2CCOCC2)C(C)C)c(Cl)cc1NC(=O)Nc1cnc(C#N)cn1. The van der Waals surface area contributed by atoms with Gasteiger partial charge < -0.3 is 20.1 Å². The predicted octanol–water partition coefficient (Wildman–Crippen LogP) is 3.14. The van der Waals surface area contributed by atoms with Crippen LogP contribution in [-0.2, 0) is 11.2 Å². The number of ether oxygens (including phenoxy) is 2. The molecule has 1 fully saturated rings. The maximum atomic E-state index is 12.4. The van der Waals surface area contributed by atoms with Crippen LogP contribution in [0.5, 0.6) is 5.75 Å². The van der Waals surface area contributed by atoms with Gasteiger partial charge >= 0.3 is 6.03 Å². The van der Waals surface area contributed by atoms with Gasteiger partial charge in [0.15, 0.2) is 11.5 Å². The molecule has 11 heteroatoms. The molecule has 0 bridgehead atoms. The number of benzene rings is 1. The minimum atomic E-state index is -0.532. The first-order chi connectivity index (χ1) is 16.9. The molecule has 1 saturated heterocycles. The van der Waals surface area contributed by atoms with Crippen LogP contribution in [0.2, 0.25) is 5.02 Å². The number of nitrogens with one attached hydrogen (secondary N) is 3. The summed E-state index contributed by atoms with van der Waals surface area (Å²) in [4.78, 5) is 22.7. The second-order valence-electron chi connectivity index (χ2n) is 8.59. The molecule has 2 heterocycles. The van der Waals surface area contributed by atoms with Crippen molar-refractivity contribution in [2.75, 3.05) is 57.1 Å². The van der Waals surface area contributed by atoms with Gasteiger partial charge in [-0.25, -0.2) is 14.8 Å². The molecule has 35 heavy (non-hydrogen) atoms. The number of rotatable bonds is 10. The molecule has 1 atom stereocenters. The zero-order valence-corrected chi connectivity index (χ0v) is 21.1. The highest BCUT2D eigenvalue weighted by molar-refractivity contribution is 6.31. The van der Waals surface area contributed by atoms with Crippen LogP contribution in [0.25, 0.3) is 0 Å². The molecular weight excluding hydrogens is 470 g/mol. The average Bonchev–Trinajstić information content (AvgIpc) is 2.85. The maximum absolute atomic E-state index is 12.4. The van der Waals surface area contributed by atoms with Crippen LogP contribution >= 0.6 is 11.6 Å². The third kappa shape index (κ3) is 8.04. The van der Waals surface area contributed by atoms with Crippen molar-refractivity contribution >= 4 is 29.1 Å². The van der Waals surface area contributed by atoms with Crippen LogP contribution in [0.1, 0.15) is 25.1 Å². The number of nitrogens with zero attached hydrogens (tertiary/aromatic N) is 4. The predicted molar refractivity (Wildman–Crippen MR) is 135 cm³/mol. The quantitative estimate of drug-likeness (QED) is 0.453. The number of anilines is 2. The number of carbonyl (C=O) groups is 1. The number of carbonyl (C=O) groups excluding carboxylic acids is 1. The molecule has 2 aromatic rings. The largest absolute Gasteiger partial charge is 0.495 e. The molecule has 0 radical (unpaired) electrons. The van der Waals surface area contributed by atoms with Gasteiger partial charge in [0.1, 0.15) is 11.8 Å². The fraction of sp³-hybridized carbons (Fsp3) is 0.500.